The lowest BCUT2D eigenvalue weighted by atomic mass is 9.92. The van der Waals surface area contributed by atoms with Crippen molar-refractivity contribution in [3.8, 4) is 0 Å². The zero-order chi connectivity index (χ0) is 13.4. The minimum Gasteiger partial charge on any atom is -0.480 e. The summed E-state index contributed by atoms with van der Waals surface area (Å²) in [5.41, 5.74) is -0.321. The number of likely N-dealkylation sites (N-methyl/N-ethyl adjacent to an activating group) is 1. The number of benzene rings is 1. The molecule has 1 unspecified atom stereocenters. The summed E-state index contributed by atoms with van der Waals surface area (Å²) in [6.07, 6.45) is 0.679. The maximum atomic E-state index is 11.6. The lowest BCUT2D eigenvalue weighted by molar-refractivity contribution is -0.144. The molecular formula is C13H19NO3S. The van der Waals surface area contributed by atoms with E-state index in [-0.39, 0.29) is 6.61 Å². The number of carboxylic acid groups (broad SMARTS) is 1. The number of rotatable bonds is 8. The van der Waals surface area contributed by atoms with Gasteiger partial charge in [-0.2, -0.15) is 11.8 Å². The van der Waals surface area contributed by atoms with Gasteiger partial charge >= 0.3 is 5.97 Å². The van der Waals surface area contributed by atoms with Crippen LogP contribution in [-0.4, -0.2) is 41.3 Å². The second-order valence-electron chi connectivity index (χ2n) is 3.96. The van der Waals surface area contributed by atoms with Crippen LogP contribution in [0.25, 0.3) is 0 Å². The highest BCUT2D eigenvalue weighted by Gasteiger charge is 2.38. The van der Waals surface area contributed by atoms with Gasteiger partial charge in [0.1, 0.15) is 0 Å². The van der Waals surface area contributed by atoms with Gasteiger partial charge in [0.2, 0.25) is 0 Å². The Morgan fingerprint density at radius 3 is 2.56 bits per heavy atom. The van der Waals surface area contributed by atoms with E-state index >= 15 is 0 Å². The van der Waals surface area contributed by atoms with Crippen LogP contribution in [0.1, 0.15) is 12.0 Å². The number of thioether (sulfide) groups is 1. The Balaban J connectivity index is 2.85. The van der Waals surface area contributed by atoms with E-state index in [0.717, 1.165) is 11.3 Å². The molecule has 18 heavy (non-hydrogen) atoms. The fourth-order valence-corrected chi connectivity index (χ4v) is 2.92. The second-order valence-corrected chi connectivity index (χ2v) is 5.06. The average molecular weight is 269 g/mol. The molecular weight excluding hydrogens is 250 g/mol. The van der Waals surface area contributed by atoms with E-state index in [0.29, 0.717) is 12.2 Å². The van der Waals surface area contributed by atoms with Crippen molar-refractivity contribution in [2.75, 3.05) is 25.2 Å². The zero-order valence-electron chi connectivity index (χ0n) is 10.4. The third-order valence-electron chi connectivity index (χ3n) is 2.82. The Morgan fingerprint density at radius 2 is 2.06 bits per heavy atom. The molecule has 0 heterocycles. The number of nitrogens with one attached hydrogen (secondary N) is 1. The standard InChI is InChI=1S/C13H19NO3S/c1-14-13(12(16)17,10-18-9-5-8-15)11-6-3-2-4-7-11/h2-4,6-7,14-15H,5,8-10H2,1H3,(H,16,17). The molecule has 1 aromatic carbocycles. The van der Waals surface area contributed by atoms with Crippen LogP contribution in [0.15, 0.2) is 30.3 Å². The second kappa shape index (κ2) is 7.41. The lowest BCUT2D eigenvalue weighted by Crippen LogP contribution is -2.49. The van der Waals surface area contributed by atoms with Crippen molar-refractivity contribution in [3.05, 3.63) is 35.9 Å². The summed E-state index contributed by atoms with van der Waals surface area (Å²) < 4.78 is 0. The van der Waals surface area contributed by atoms with Crippen molar-refractivity contribution in [3.63, 3.8) is 0 Å². The summed E-state index contributed by atoms with van der Waals surface area (Å²) >= 11 is 1.53. The summed E-state index contributed by atoms with van der Waals surface area (Å²) in [4.78, 5) is 11.6. The van der Waals surface area contributed by atoms with Crippen molar-refractivity contribution in [2.24, 2.45) is 0 Å². The van der Waals surface area contributed by atoms with Crippen molar-refractivity contribution in [1.82, 2.24) is 5.32 Å². The molecule has 0 aliphatic heterocycles. The van der Waals surface area contributed by atoms with Gasteiger partial charge in [-0.15, -0.1) is 0 Å². The third kappa shape index (κ3) is 3.48. The van der Waals surface area contributed by atoms with E-state index in [1.807, 2.05) is 30.3 Å². The van der Waals surface area contributed by atoms with Gasteiger partial charge in [-0.25, -0.2) is 4.79 Å². The Morgan fingerprint density at radius 1 is 1.39 bits per heavy atom. The summed E-state index contributed by atoms with van der Waals surface area (Å²) in [5.74, 6) is 0.302. The van der Waals surface area contributed by atoms with Crippen LogP contribution in [0.2, 0.25) is 0 Å². The molecule has 1 atom stereocenters. The first-order valence-corrected chi connectivity index (χ1v) is 6.99. The number of carboxylic acids is 1. The minimum atomic E-state index is -1.07. The highest BCUT2D eigenvalue weighted by atomic mass is 32.2. The number of aliphatic hydroxyl groups excluding tert-OH is 1. The van der Waals surface area contributed by atoms with E-state index in [1.54, 1.807) is 7.05 Å². The maximum absolute atomic E-state index is 11.6. The molecule has 0 amide bonds. The molecule has 1 aromatic rings. The number of carbonyl (C=O) groups is 1. The largest absolute Gasteiger partial charge is 0.480 e. The molecule has 0 bridgehead atoms. The smallest absolute Gasteiger partial charge is 0.329 e. The molecule has 5 heteroatoms. The van der Waals surface area contributed by atoms with Gasteiger partial charge in [0.15, 0.2) is 5.54 Å². The number of hydrogen-bond donors (Lipinski definition) is 3. The van der Waals surface area contributed by atoms with Crippen molar-refractivity contribution < 1.29 is 15.0 Å². The van der Waals surface area contributed by atoms with Crippen molar-refractivity contribution in [2.45, 2.75) is 12.0 Å². The molecule has 100 valence electrons. The number of hydrogen-bond acceptors (Lipinski definition) is 4. The number of aliphatic carboxylic acids is 1. The summed E-state index contributed by atoms with van der Waals surface area (Å²) in [7, 11) is 1.66. The summed E-state index contributed by atoms with van der Waals surface area (Å²) in [5, 5.41) is 21.2. The Bertz CT molecular complexity index is 372. The fraction of sp³-hybridized carbons (Fsp3) is 0.462. The summed E-state index contributed by atoms with van der Waals surface area (Å²) in [6.45, 7) is 0.137. The van der Waals surface area contributed by atoms with E-state index in [9.17, 15) is 9.90 Å². The van der Waals surface area contributed by atoms with Crippen molar-refractivity contribution in [1.29, 1.82) is 0 Å². The van der Waals surface area contributed by atoms with Gasteiger partial charge in [0.25, 0.3) is 0 Å². The fourth-order valence-electron chi connectivity index (χ4n) is 1.71. The molecule has 0 saturated heterocycles. The normalized spacial score (nSPS) is 14.1. The molecule has 0 aromatic heterocycles. The molecule has 0 radical (unpaired) electrons. The van der Waals surface area contributed by atoms with Crippen LogP contribution in [0.5, 0.6) is 0 Å². The quantitative estimate of drug-likeness (QED) is 0.621. The Labute approximate surface area is 111 Å². The molecule has 0 aliphatic rings. The van der Waals surface area contributed by atoms with Crippen LogP contribution >= 0.6 is 11.8 Å². The molecule has 3 N–H and O–H groups in total. The summed E-state index contributed by atoms with van der Waals surface area (Å²) in [6, 6.07) is 9.17. The van der Waals surface area contributed by atoms with Crippen molar-refractivity contribution >= 4 is 17.7 Å². The van der Waals surface area contributed by atoms with Gasteiger partial charge in [-0.05, 0) is 24.8 Å². The van der Waals surface area contributed by atoms with E-state index in [1.165, 1.54) is 11.8 Å². The topological polar surface area (TPSA) is 69.6 Å². The first kappa shape index (κ1) is 15.0. The van der Waals surface area contributed by atoms with Crippen LogP contribution in [-0.2, 0) is 10.3 Å². The van der Waals surface area contributed by atoms with Gasteiger partial charge in [0.05, 0.1) is 0 Å². The number of aliphatic hydroxyl groups is 1. The molecule has 0 fully saturated rings. The van der Waals surface area contributed by atoms with E-state index < -0.39 is 11.5 Å². The Hall–Kier alpha value is -1.04. The van der Waals surface area contributed by atoms with Gasteiger partial charge in [0, 0.05) is 12.4 Å². The molecule has 0 spiro atoms. The highest BCUT2D eigenvalue weighted by molar-refractivity contribution is 7.99. The highest BCUT2D eigenvalue weighted by Crippen LogP contribution is 2.26. The lowest BCUT2D eigenvalue weighted by Gasteiger charge is -2.29. The molecule has 0 aliphatic carbocycles. The SMILES string of the molecule is CNC(CSCCCO)(C(=O)O)c1ccccc1. The Kier molecular flexibility index (Phi) is 6.18. The minimum absolute atomic E-state index is 0.137. The predicted octanol–water partition coefficient (Wildman–Crippen LogP) is 1.30. The zero-order valence-corrected chi connectivity index (χ0v) is 11.2. The van der Waals surface area contributed by atoms with Crippen LogP contribution in [0.4, 0.5) is 0 Å². The van der Waals surface area contributed by atoms with Gasteiger partial charge in [-0.1, -0.05) is 30.3 Å². The maximum Gasteiger partial charge on any atom is 0.329 e. The third-order valence-corrected chi connectivity index (χ3v) is 4.04. The predicted molar refractivity (Wildman–Crippen MR) is 73.8 cm³/mol. The monoisotopic (exact) mass is 269 g/mol. The van der Waals surface area contributed by atoms with Gasteiger partial charge < -0.3 is 15.5 Å². The van der Waals surface area contributed by atoms with E-state index in [4.69, 9.17) is 5.11 Å². The first-order chi connectivity index (χ1) is 8.67. The first-order valence-electron chi connectivity index (χ1n) is 5.84. The van der Waals surface area contributed by atoms with Gasteiger partial charge in [-0.3, -0.25) is 0 Å². The molecule has 1 rings (SSSR count). The molecule has 4 nitrogen and oxygen atoms in total. The van der Waals surface area contributed by atoms with Crippen LogP contribution in [0.3, 0.4) is 0 Å². The average Bonchev–Trinajstić information content (AvgIpc) is 2.40. The van der Waals surface area contributed by atoms with Crippen LogP contribution < -0.4 is 5.32 Å². The van der Waals surface area contributed by atoms with E-state index in [2.05, 4.69) is 5.32 Å². The molecule has 0 saturated carbocycles. The van der Waals surface area contributed by atoms with Crippen LogP contribution in [0, 0.1) is 0 Å².